The number of nitrogens with one attached hydrogen (secondary N) is 3. The van der Waals surface area contributed by atoms with Crippen LogP contribution >= 0.6 is 11.3 Å². The topological polar surface area (TPSA) is 110 Å². The lowest BCUT2D eigenvalue weighted by Crippen LogP contribution is -2.44. The fourth-order valence-electron chi connectivity index (χ4n) is 5.50. The number of thiazole rings is 1. The van der Waals surface area contributed by atoms with Crippen molar-refractivity contribution >= 4 is 33.7 Å². The number of rotatable bonds is 7. The van der Waals surface area contributed by atoms with Crippen LogP contribution in [0.25, 0.3) is 21.3 Å². The second kappa shape index (κ2) is 11.4. The molecule has 0 bridgehead atoms. The maximum Gasteiger partial charge on any atom is 0.240 e. The van der Waals surface area contributed by atoms with Gasteiger partial charge in [-0.2, -0.15) is 0 Å². The van der Waals surface area contributed by atoms with Gasteiger partial charge in [0.1, 0.15) is 16.8 Å². The predicted molar refractivity (Wildman–Crippen MR) is 156 cm³/mol. The number of hydrogen-bond donors (Lipinski definition) is 4. The van der Waals surface area contributed by atoms with E-state index in [1.54, 1.807) is 6.20 Å². The smallest absolute Gasteiger partial charge is 0.240 e. The van der Waals surface area contributed by atoms with Crippen LogP contribution < -0.4 is 26.4 Å². The Morgan fingerprint density at radius 3 is 2.72 bits per heavy atom. The monoisotopic (exact) mass is 547 g/mol. The summed E-state index contributed by atoms with van der Waals surface area (Å²) in [5, 5.41) is 13.0. The number of hydrogen-bond acceptors (Lipinski definition) is 9. The first kappa shape index (κ1) is 25.9. The van der Waals surface area contributed by atoms with E-state index < -0.39 is 6.17 Å². The van der Waals surface area contributed by atoms with E-state index in [0.717, 1.165) is 44.9 Å². The maximum atomic E-state index is 13.8. The molecule has 1 aliphatic carbocycles. The van der Waals surface area contributed by atoms with Gasteiger partial charge in [0.05, 0.1) is 10.7 Å². The van der Waals surface area contributed by atoms with Crippen molar-refractivity contribution in [1.82, 2.24) is 20.3 Å². The molecule has 0 amide bonds. The minimum atomic E-state index is -0.876. The average molecular weight is 548 g/mol. The zero-order chi connectivity index (χ0) is 26.8. The summed E-state index contributed by atoms with van der Waals surface area (Å²) in [7, 11) is 0. The predicted octanol–water partition coefficient (Wildman–Crippen LogP) is 5.65. The lowest BCUT2D eigenvalue weighted by Gasteiger charge is -2.30. The summed E-state index contributed by atoms with van der Waals surface area (Å²) in [6, 6.07) is 14.5. The molecule has 0 spiro atoms. The van der Waals surface area contributed by atoms with Crippen molar-refractivity contribution in [3.8, 4) is 22.2 Å². The molecule has 5 N–H and O–H groups in total. The molecule has 39 heavy (non-hydrogen) atoms. The third kappa shape index (κ3) is 5.83. The Morgan fingerprint density at radius 1 is 1.03 bits per heavy atom. The van der Waals surface area contributed by atoms with Gasteiger partial charge < -0.3 is 26.4 Å². The molecule has 2 fully saturated rings. The Balaban J connectivity index is 1.27. The number of aryl methyl sites for hydroxylation is 1. The second-order valence-corrected chi connectivity index (χ2v) is 11.6. The molecule has 6 rings (SSSR count). The Bertz CT molecular complexity index is 1450. The summed E-state index contributed by atoms with van der Waals surface area (Å²) in [4.78, 5) is 14.6. The van der Waals surface area contributed by atoms with E-state index in [-0.39, 0.29) is 18.1 Å². The highest BCUT2D eigenvalue weighted by Crippen LogP contribution is 2.40. The number of nitrogens with zero attached hydrogens (tertiary/aromatic N) is 3. The van der Waals surface area contributed by atoms with Crippen LogP contribution in [-0.2, 0) is 0 Å². The molecule has 3 heterocycles. The molecule has 2 aromatic heterocycles. The van der Waals surface area contributed by atoms with Crippen molar-refractivity contribution in [2.24, 2.45) is 5.73 Å². The van der Waals surface area contributed by atoms with E-state index in [1.165, 1.54) is 24.2 Å². The number of halogens is 1. The lowest BCUT2D eigenvalue weighted by molar-refractivity contribution is 0.254. The van der Waals surface area contributed by atoms with Gasteiger partial charge in [0.25, 0.3) is 0 Å². The molecule has 2 aromatic carbocycles. The molecule has 0 radical (unpaired) electrons. The molecule has 10 heteroatoms. The molecular weight excluding hydrogens is 513 g/mol. The highest BCUT2D eigenvalue weighted by molar-refractivity contribution is 7.15. The Labute approximate surface area is 231 Å². The molecule has 1 aliphatic heterocycles. The van der Waals surface area contributed by atoms with Crippen molar-refractivity contribution in [2.75, 3.05) is 23.7 Å². The van der Waals surface area contributed by atoms with Gasteiger partial charge in [-0.3, -0.25) is 0 Å². The number of fused-ring (bicyclic) bond motifs is 1. The Kier molecular flexibility index (Phi) is 7.58. The van der Waals surface area contributed by atoms with Gasteiger partial charge >= 0.3 is 0 Å². The van der Waals surface area contributed by atoms with Crippen molar-refractivity contribution in [3.05, 3.63) is 53.7 Å². The first-order valence-electron chi connectivity index (χ1n) is 13.7. The minimum Gasteiger partial charge on any atom is -0.437 e. The average Bonchev–Trinajstić information content (AvgIpc) is 3.31. The first-order chi connectivity index (χ1) is 19.0. The summed E-state index contributed by atoms with van der Waals surface area (Å²) in [5.74, 6) is 1.70. The Morgan fingerprint density at radius 2 is 1.87 bits per heavy atom. The third-order valence-corrected chi connectivity index (χ3v) is 8.45. The van der Waals surface area contributed by atoms with Crippen LogP contribution in [-0.4, -0.2) is 52.3 Å². The highest BCUT2D eigenvalue weighted by atomic mass is 32.1. The van der Waals surface area contributed by atoms with E-state index in [1.807, 2.05) is 31.2 Å². The number of anilines is 2. The summed E-state index contributed by atoms with van der Waals surface area (Å²) >= 11 is 1.52. The van der Waals surface area contributed by atoms with Crippen molar-refractivity contribution in [1.29, 1.82) is 0 Å². The van der Waals surface area contributed by atoms with Gasteiger partial charge in [-0.25, -0.2) is 19.3 Å². The molecule has 4 aromatic rings. The van der Waals surface area contributed by atoms with Gasteiger partial charge in [0, 0.05) is 60.3 Å². The molecular formula is C29H34FN7OS. The van der Waals surface area contributed by atoms with E-state index in [9.17, 15) is 4.39 Å². The summed E-state index contributed by atoms with van der Waals surface area (Å²) < 4.78 is 20.3. The summed E-state index contributed by atoms with van der Waals surface area (Å²) in [6.45, 7) is 3.02. The molecule has 4 atom stereocenters. The SMILES string of the molecule is Cc1nc(Oc2ccc(N[C@@H]3CCCC[C@H]3N)c3ccccc23)c(-c2ccnc(N[C@@H]3CNC[C@@H](F)C3)n2)s1. The molecule has 1 saturated carbocycles. The van der Waals surface area contributed by atoms with E-state index in [0.29, 0.717) is 37.0 Å². The van der Waals surface area contributed by atoms with Crippen LogP contribution in [0.5, 0.6) is 11.6 Å². The number of nitrogens with two attached hydrogens (primary N) is 1. The Hall–Kier alpha value is -3.34. The molecule has 0 unspecified atom stereocenters. The van der Waals surface area contributed by atoms with Gasteiger partial charge in [-0.15, -0.1) is 11.3 Å². The summed E-state index contributed by atoms with van der Waals surface area (Å²) in [6.07, 6.45) is 5.79. The lowest BCUT2D eigenvalue weighted by atomic mass is 9.90. The van der Waals surface area contributed by atoms with Crippen molar-refractivity contribution in [2.45, 2.75) is 63.3 Å². The van der Waals surface area contributed by atoms with E-state index in [4.69, 9.17) is 20.4 Å². The van der Waals surface area contributed by atoms with Crippen LogP contribution in [0.3, 0.4) is 0 Å². The van der Waals surface area contributed by atoms with Crippen LogP contribution in [0.1, 0.15) is 37.1 Å². The standard InChI is InChI=1S/C29H34FN7OS/c1-17-34-28(27(39-17)25-12-13-33-29(37-25)35-19-14-18(30)15-32-16-19)38-26-11-10-23(20-6-2-3-7-21(20)26)36-24-9-5-4-8-22(24)31/h2-3,6-7,10-13,18-19,22,24,32,36H,4-5,8-9,14-16,31H2,1H3,(H,33,35,37)/t18-,19-,22+,24+/m0/s1. The van der Waals surface area contributed by atoms with Gasteiger partial charge in [0.2, 0.25) is 11.8 Å². The molecule has 8 nitrogen and oxygen atoms in total. The number of alkyl halides is 1. The van der Waals surface area contributed by atoms with Crippen LogP contribution in [0.15, 0.2) is 48.7 Å². The van der Waals surface area contributed by atoms with Gasteiger partial charge in [0.15, 0.2) is 0 Å². The van der Waals surface area contributed by atoms with E-state index in [2.05, 4.69) is 39.1 Å². The van der Waals surface area contributed by atoms with Crippen LogP contribution in [0, 0.1) is 6.92 Å². The third-order valence-electron chi connectivity index (χ3n) is 7.47. The zero-order valence-electron chi connectivity index (χ0n) is 22.0. The number of ether oxygens (including phenoxy) is 1. The fourth-order valence-corrected chi connectivity index (χ4v) is 6.32. The number of aromatic nitrogens is 3. The number of benzene rings is 2. The molecule has 204 valence electrons. The highest BCUT2D eigenvalue weighted by Gasteiger charge is 2.24. The summed E-state index contributed by atoms with van der Waals surface area (Å²) in [5.41, 5.74) is 8.19. The van der Waals surface area contributed by atoms with Crippen molar-refractivity contribution < 1.29 is 9.13 Å². The maximum absolute atomic E-state index is 13.8. The zero-order valence-corrected chi connectivity index (χ0v) is 22.8. The fraction of sp³-hybridized carbons (Fsp3) is 0.414. The molecule has 1 saturated heterocycles. The largest absolute Gasteiger partial charge is 0.437 e. The second-order valence-electron chi connectivity index (χ2n) is 10.4. The quantitative estimate of drug-likeness (QED) is 0.235. The van der Waals surface area contributed by atoms with Crippen molar-refractivity contribution in [3.63, 3.8) is 0 Å². The first-order valence-corrected chi connectivity index (χ1v) is 14.5. The van der Waals surface area contributed by atoms with Crippen LogP contribution in [0.4, 0.5) is 16.0 Å². The normalized spacial score (nSPS) is 23.5. The minimum absolute atomic E-state index is 0.0652. The van der Waals surface area contributed by atoms with Crippen LogP contribution in [0.2, 0.25) is 0 Å². The van der Waals surface area contributed by atoms with Gasteiger partial charge in [-0.1, -0.05) is 37.1 Å². The van der Waals surface area contributed by atoms with E-state index >= 15 is 0 Å². The molecule has 2 aliphatic rings. The van der Waals surface area contributed by atoms with Gasteiger partial charge in [-0.05, 0) is 38.0 Å². The number of piperidine rings is 1.